The van der Waals surface area contributed by atoms with Crippen LogP contribution in [-0.4, -0.2) is 46.0 Å². The minimum absolute atomic E-state index is 0.0326. The van der Waals surface area contributed by atoms with E-state index in [0.717, 1.165) is 23.1 Å². The molecule has 2 heterocycles. The lowest BCUT2D eigenvalue weighted by Crippen LogP contribution is -2.54. The number of aryl methyl sites for hydroxylation is 1. The van der Waals surface area contributed by atoms with Crippen LogP contribution in [0.15, 0.2) is 36.7 Å². The van der Waals surface area contributed by atoms with Crippen molar-refractivity contribution in [2.45, 2.75) is 32.4 Å². The Morgan fingerprint density at radius 2 is 2.24 bits per heavy atom. The van der Waals surface area contributed by atoms with Gasteiger partial charge in [-0.15, -0.1) is 0 Å². The van der Waals surface area contributed by atoms with E-state index in [9.17, 15) is 4.79 Å². The molecule has 1 saturated heterocycles. The van der Waals surface area contributed by atoms with Crippen LogP contribution in [0.1, 0.15) is 25.8 Å². The van der Waals surface area contributed by atoms with Crippen LogP contribution in [0.3, 0.4) is 0 Å². The lowest BCUT2D eigenvalue weighted by Gasteiger charge is -2.39. The molecule has 1 aliphatic rings. The van der Waals surface area contributed by atoms with Gasteiger partial charge < -0.3 is 15.0 Å². The highest BCUT2D eigenvalue weighted by atomic mass is 16.5. The molecule has 1 fully saturated rings. The van der Waals surface area contributed by atoms with E-state index in [-0.39, 0.29) is 11.6 Å². The average molecular weight is 342 g/mol. The van der Waals surface area contributed by atoms with Gasteiger partial charge in [-0.2, -0.15) is 5.10 Å². The van der Waals surface area contributed by atoms with Crippen molar-refractivity contribution in [2.24, 2.45) is 7.05 Å². The van der Waals surface area contributed by atoms with Crippen LogP contribution in [0.4, 0.5) is 4.79 Å². The van der Waals surface area contributed by atoms with Gasteiger partial charge in [0.15, 0.2) is 0 Å². The van der Waals surface area contributed by atoms with Gasteiger partial charge in [0.05, 0.1) is 24.9 Å². The van der Waals surface area contributed by atoms with Crippen molar-refractivity contribution in [1.29, 1.82) is 0 Å². The van der Waals surface area contributed by atoms with Crippen molar-refractivity contribution >= 4 is 6.03 Å². The molecule has 134 valence electrons. The van der Waals surface area contributed by atoms with E-state index in [1.54, 1.807) is 4.68 Å². The van der Waals surface area contributed by atoms with Crippen molar-refractivity contribution in [3.8, 4) is 11.1 Å². The molecule has 0 aliphatic carbocycles. The number of nitrogens with zero attached hydrogens (tertiary/aromatic N) is 3. The van der Waals surface area contributed by atoms with Crippen molar-refractivity contribution < 1.29 is 9.53 Å². The summed E-state index contributed by atoms with van der Waals surface area (Å²) < 4.78 is 7.58. The second-order valence-electron chi connectivity index (χ2n) is 6.84. The van der Waals surface area contributed by atoms with Gasteiger partial charge in [0, 0.05) is 31.9 Å². The molecule has 3 rings (SSSR count). The molecule has 1 aliphatic heterocycles. The van der Waals surface area contributed by atoms with Crippen molar-refractivity contribution in [3.05, 3.63) is 42.2 Å². The average Bonchev–Trinajstić information content (AvgIpc) is 3.06. The monoisotopic (exact) mass is 342 g/mol. The summed E-state index contributed by atoms with van der Waals surface area (Å²) in [5.74, 6) is 0. The molecule has 0 unspecified atom stereocenters. The first-order valence-electron chi connectivity index (χ1n) is 8.74. The van der Waals surface area contributed by atoms with Crippen LogP contribution in [-0.2, 0) is 18.3 Å². The van der Waals surface area contributed by atoms with Crippen molar-refractivity contribution in [1.82, 2.24) is 20.0 Å². The van der Waals surface area contributed by atoms with Crippen molar-refractivity contribution in [3.63, 3.8) is 0 Å². The number of ether oxygens (including phenoxy) is 1. The van der Waals surface area contributed by atoms with Crippen LogP contribution in [0, 0.1) is 0 Å². The Balaban J connectivity index is 1.61. The van der Waals surface area contributed by atoms with Gasteiger partial charge in [0.1, 0.15) is 0 Å². The Labute approximate surface area is 148 Å². The fourth-order valence-electron chi connectivity index (χ4n) is 3.04. The fourth-order valence-corrected chi connectivity index (χ4v) is 3.04. The zero-order chi connectivity index (χ0) is 17.9. The molecule has 6 heteroatoms. The lowest BCUT2D eigenvalue weighted by molar-refractivity contribution is -0.0872. The van der Waals surface area contributed by atoms with E-state index in [1.807, 2.05) is 36.5 Å². The van der Waals surface area contributed by atoms with Gasteiger partial charge >= 0.3 is 6.03 Å². The zero-order valence-electron chi connectivity index (χ0n) is 15.2. The molecule has 0 bridgehead atoms. The summed E-state index contributed by atoms with van der Waals surface area (Å²) in [4.78, 5) is 14.3. The first-order valence-corrected chi connectivity index (χ1v) is 8.74. The first-order chi connectivity index (χ1) is 12.0. The van der Waals surface area contributed by atoms with Gasteiger partial charge in [0.25, 0.3) is 0 Å². The molecule has 1 aromatic carbocycles. The van der Waals surface area contributed by atoms with Crippen LogP contribution < -0.4 is 5.32 Å². The normalized spacial score (nSPS) is 20.5. The summed E-state index contributed by atoms with van der Waals surface area (Å²) in [5.41, 5.74) is 3.00. The summed E-state index contributed by atoms with van der Waals surface area (Å²) >= 11 is 0. The van der Waals surface area contributed by atoms with Gasteiger partial charge in [-0.25, -0.2) is 4.79 Å². The highest BCUT2D eigenvalue weighted by Crippen LogP contribution is 2.21. The van der Waals surface area contributed by atoms with Gasteiger partial charge in [-0.05, 0) is 30.5 Å². The summed E-state index contributed by atoms with van der Waals surface area (Å²) in [6, 6.07) is 8.14. The molecule has 0 radical (unpaired) electrons. The Kier molecular flexibility index (Phi) is 5.08. The molecular weight excluding hydrogens is 316 g/mol. The third kappa shape index (κ3) is 4.20. The Morgan fingerprint density at radius 1 is 1.40 bits per heavy atom. The SMILES string of the molecule is CC[C@@]1(C)CN(C(=O)NCc2cccc(-c3cnn(C)c3)c2)CCO1. The van der Waals surface area contributed by atoms with Crippen LogP contribution in [0.25, 0.3) is 11.1 Å². The van der Waals surface area contributed by atoms with E-state index >= 15 is 0 Å². The molecule has 2 aromatic rings. The molecule has 1 N–H and O–H groups in total. The number of hydrogen-bond donors (Lipinski definition) is 1. The molecule has 0 saturated carbocycles. The number of aromatic nitrogens is 2. The lowest BCUT2D eigenvalue weighted by atomic mass is 10.0. The quantitative estimate of drug-likeness (QED) is 0.929. The van der Waals surface area contributed by atoms with Crippen LogP contribution in [0.5, 0.6) is 0 Å². The Hall–Kier alpha value is -2.34. The maximum atomic E-state index is 12.5. The third-order valence-corrected chi connectivity index (χ3v) is 4.78. The molecule has 1 atom stereocenters. The Bertz CT molecular complexity index is 743. The van der Waals surface area contributed by atoms with E-state index < -0.39 is 0 Å². The molecule has 25 heavy (non-hydrogen) atoms. The maximum absolute atomic E-state index is 12.5. The zero-order valence-corrected chi connectivity index (χ0v) is 15.2. The minimum Gasteiger partial charge on any atom is -0.372 e. The molecule has 0 spiro atoms. The van der Waals surface area contributed by atoms with Gasteiger partial charge in [-0.3, -0.25) is 4.68 Å². The number of morpholine rings is 1. The smallest absolute Gasteiger partial charge is 0.317 e. The number of carbonyl (C=O) groups excluding carboxylic acids is 1. The number of carbonyl (C=O) groups is 1. The van der Waals surface area contributed by atoms with E-state index in [1.165, 1.54) is 0 Å². The predicted molar refractivity (Wildman–Crippen MR) is 97.1 cm³/mol. The van der Waals surface area contributed by atoms with Crippen molar-refractivity contribution in [2.75, 3.05) is 19.7 Å². The highest BCUT2D eigenvalue weighted by Gasteiger charge is 2.32. The molecular formula is C19H26N4O2. The largest absolute Gasteiger partial charge is 0.372 e. The molecule has 2 amide bonds. The molecule has 1 aromatic heterocycles. The number of urea groups is 1. The van der Waals surface area contributed by atoms with E-state index in [2.05, 4.69) is 36.4 Å². The number of hydrogen-bond acceptors (Lipinski definition) is 3. The summed E-state index contributed by atoms with van der Waals surface area (Å²) in [7, 11) is 1.90. The topological polar surface area (TPSA) is 59.4 Å². The predicted octanol–water partition coefficient (Wildman–Crippen LogP) is 2.80. The second-order valence-corrected chi connectivity index (χ2v) is 6.84. The van der Waals surface area contributed by atoms with Crippen LogP contribution >= 0.6 is 0 Å². The second kappa shape index (κ2) is 7.27. The first kappa shape index (κ1) is 17.5. The number of nitrogens with one attached hydrogen (secondary N) is 1. The van der Waals surface area contributed by atoms with E-state index in [4.69, 9.17) is 4.74 Å². The Morgan fingerprint density at radius 3 is 2.96 bits per heavy atom. The highest BCUT2D eigenvalue weighted by molar-refractivity contribution is 5.74. The van der Waals surface area contributed by atoms with Crippen LogP contribution in [0.2, 0.25) is 0 Å². The minimum atomic E-state index is -0.240. The van der Waals surface area contributed by atoms with Gasteiger partial charge in [-0.1, -0.05) is 25.1 Å². The number of benzene rings is 1. The number of rotatable bonds is 4. The summed E-state index contributed by atoms with van der Waals surface area (Å²) in [6.07, 6.45) is 4.72. The van der Waals surface area contributed by atoms with E-state index in [0.29, 0.717) is 26.2 Å². The standard InChI is InChI=1S/C19H26N4O2/c1-4-19(2)14-23(8-9-25-19)18(24)20-11-15-6-5-7-16(10-15)17-12-21-22(3)13-17/h5-7,10,12-13H,4,8-9,11,14H2,1-3H3,(H,20,24)/t19-/m0/s1. The fraction of sp³-hybridized carbons (Fsp3) is 0.474. The third-order valence-electron chi connectivity index (χ3n) is 4.78. The summed E-state index contributed by atoms with van der Waals surface area (Å²) in [6.45, 7) is 6.51. The molecule has 6 nitrogen and oxygen atoms in total. The maximum Gasteiger partial charge on any atom is 0.317 e. The van der Waals surface area contributed by atoms with Gasteiger partial charge in [0.2, 0.25) is 0 Å². The number of amides is 2. The summed E-state index contributed by atoms with van der Waals surface area (Å²) in [5, 5.41) is 7.23.